The maximum Gasteiger partial charge on any atom is 0.223 e. The van der Waals surface area contributed by atoms with Crippen molar-refractivity contribution in [1.82, 2.24) is 15.5 Å². The van der Waals surface area contributed by atoms with Crippen molar-refractivity contribution < 1.29 is 4.79 Å². The molecule has 0 saturated carbocycles. The molecule has 1 aliphatic rings. The molecular weight excluding hydrogens is 495 g/mol. The number of carbonyl (C=O) groups is 1. The van der Waals surface area contributed by atoms with Gasteiger partial charge < -0.3 is 15.5 Å². The summed E-state index contributed by atoms with van der Waals surface area (Å²) in [5.74, 6) is 1.46. The molecule has 1 aromatic heterocycles. The predicted molar refractivity (Wildman–Crippen MR) is 132 cm³/mol. The monoisotopic (exact) mass is 526 g/mol. The summed E-state index contributed by atoms with van der Waals surface area (Å²) in [7, 11) is 0. The molecule has 0 saturated heterocycles. The maximum atomic E-state index is 12.5. The molecule has 0 radical (unpaired) electrons. The fraction of sp³-hybridized carbons (Fsp3) is 0.455. The number of nitrogens with zero attached hydrogens (tertiary/aromatic N) is 2. The van der Waals surface area contributed by atoms with Gasteiger partial charge in [-0.15, -0.1) is 35.3 Å². The summed E-state index contributed by atoms with van der Waals surface area (Å²) >= 11 is 1.78. The lowest BCUT2D eigenvalue weighted by Crippen LogP contribution is -2.38. The van der Waals surface area contributed by atoms with E-state index < -0.39 is 0 Å². The van der Waals surface area contributed by atoms with E-state index in [0.717, 1.165) is 45.1 Å². The van der Waals surface area contributed by atoms with Crippen LogP contribution in [-0.2, 0) is 17.9 Å². The molecule has 2 N–H and O–H groups in total. The number of carbonyl (C=O) groups excluding carboxylic acids is 1. The highest BCUT2D eigenvalue weighted by Gasteiger charge is 2.22. The Morgan fingerprint density at radius 3 is 2.52 bits per heavy atom. The lowest BCUT2D eigenvalue weighted by atomic mass is 10.1. The molecule has 2 heterocycles. The molecule has 1 aromatic carbocycles. The Labute approximate surface area is 195 Å². The van der Waals surface area contributed by atoms with Crippen LogP contribution >= 0.6 is 35.3 Å². The Hall–Kier alpha value is -1.61. The molecule has 158 valence electrons. The lowest BCUT2D eigenvalue weighted by Gasteiger charge is -2.16. The van der Waals surface area contributed by atoms with Crippen molar-refractivity contribution in [3.05, 3.63) is 57.8 Å². The topological polar surface area (TPSA) is 56.7 Å². The van der Waals surface area contributed by atoms with Gasteiger partial charge in [0, 0.05) is 43.4 Å². The van der Waals surface area contributed by atoms with Crippen LogP contribution in [0.4, 0.5) is 0 Å². The lowest BCUT2D eigenvalue weighted by molar-refractivity contribution is -0.131. The smallest absolute Gasteiger partial charge is 0.223 e. The van der Waals surface area contributed by atoms with E-state index in [1.165, 1.54) is 16.0 Å². The molecule has 0 bridgehead atoms. The number of aliphatic imine (C=N–C) groups is 1. The van der Waals surface area contributed by atoms with E-state index in [0.29, 0.717) is 12.3 Å². The molecule has 0 aliphatic carbocycles. The van der Waals surface area contributed by atoms with Gasteiger partial charge in [-0.2, -0.15) is 0 Å². The number of nitrogens with one attached hydrogen (secondary N) is 2. The minimum atomic E-state index is 0. The van der Waals surface area contributed by atoms with Crippen LogP contribution in [0.25, 0.3) is 0 Å². The molecule has 0 fully saturated rings. The molecule has 1 amide bonds. The van der Waals surface area contributed by atoms with Crippen LogP contribution in [0.3, 0.4) is 0 Å². The molecule has 3 rings (SSSR count). The number of halogens is 1. The highest BCUT2D eigenvalue weighted by molar-refractivity contribution is 14.0. The summed E-state index contributed by atoms with van der Waals surface area (Å²) in [6, 6.07) is 12.5. The van der Waals surface area contributed by atoms with Crippen LogP contribution < -0.4 is 10.6 Å². The molecule has 1 atom stereocenters. The van der Waals surface area contributed by atoms with Gasteiger partial charge in [-0.25, -0.2) is 0 Å². The first-order chi connectivity index (χ1) is 13.7. The van der Waals surface area contributed by atoms with Crippen LogP contribution in [0.15, 0.2) is 46.8 Å². The number of rotatable bonds is 8. The van der Waals surface area contributed by atoms with E-state index in [-0.39, 0.29) is 29.9 Å². The number of hydrogen-bond donors (Lipinski definition) is 2. The molecular formula is C22H31IN4OS. The second-order valence-corrected chi connectivity index (χ2v) is 8.16. The average Bonchev–Trinajstić information content (AvgIpc) is 3.38. The first-order valence-corrected chi connectivity index (χ1v) is 11.0. The number of fused-ring (bicyclic) bond motifs is 1. The fourth-order valence-corrected chi connectivity index (χ4v) is 4.12. The molecule has 1 aliphatic heterocycles. The summed E-state index contributed by atoms with van der Waals surface area (Å²) < 4.78 is 0. The Kier molecular flexibility index (Phi) is 9.93. The second kappa shape index (κ2) is 12.2. The number of benzene rings is 1. The van der Waals surface area contributed by atoms with Crippen LogP contribution in [-0.4, -0.2) is 36.4 Å². The second-order valence-electron chi connectivity index (χ2n) is 7.18. The summed E-state index contributed by atoms with van der Waals surface area (Å²) in [5.41, 5.74) is 2.55. The molecule has 7 heteroatoms. The SMILES string of the molecule is CCNC(=NCC(C)c1cccs1)NCCCC(=O)N1Cc2ccccc2C1.I. The normalized spacial score (nSPS) is 14.1. The van der Waals surface area contributed by atoms with Crippen LogP contribution in [0, 0.1) is 0 Å². The van der Waals surface area contributed by atoms with Gasteiger partial charge in [0.05, 0.1) is 6.54 Å². The predicted octanol–water partition coefficient (Wildman–Crippen LogP) is 4.35. The zero-order valence-electron chi connectivity index (χ0n) is 17.2. The Balaban J connectivity index is 0.00000300. The largest absolute Gasteiger partial charge is 0.357 e. The highest BCUT2D eigenvalue weighted by Crippen LogP contribution is 2.23. The van der Waals surface area contributed by atoms with Crippen molar-refractivity contribution >= 4 is 47.2 Å². The van der Waals surface area contributed by atoms with Crippen molar-refractivity contribution in [3.8, 4) is 0 Å². The average molecular weight is 526 g/mol. The number of amides is 1. The molecule has 0 spiro atoms. The fourth-order valence-electron chi connectivity index (χ4n) is 3.35. The van der Waals surface area contributed by atoms with Crippen molar-refractivity contribution in [2.75, 3.05) is 19.6 Å². The van der Waals surface area contributed by atoms with Crippen molar-refractivity contribution in [2.45, 2.75) is 45.7 Å². The van der Waals surface area contributed by atoms with Gasteiger partial charge in [-0.1, -0.05) is 37.3 Å². The van der Waals surface area contributed by atoms with E-state index in [4.69, 9.17) is 4.99 Å². The summed E-state index contributed by atoms with van der Waals surface area (Å²) in [6.07, 6.45) is 1.36. The zero-order chi connectivity index (χ0) is 19.8. The third-order valence-electron chi connectivity index (χ3n) is 4.95. The van der Waals surface area contributed by atoms with Gasteiger partial charge in [-0.3, -0.25) is 9.79 Å². The minimum Gasteiger partial charge on any atom is -0.357 e. The summed E-state index contributed by atoms with van der Waals surface area (Å²) in [5, 5.41) is 8.75. The van der Waals surface area contributed by atoms with Crippen molar-refractivity contribution in [2.24, 2.45) is 4.99 Å². The van der Waals surface area contributed by atoms with Gasteiger partial charge in [0.2, 0.25) is 5.91 Å². The van der Waals surface area contributed by atoms with Gasteiger partial charge in [0.1, 0.15) is 0 Å². The molecule has 2 aromatic rings. The molecule has 1 unspecified atom stereocenters. The minimum absolute atomic E-state index is 0. The van der Waals surface area contributed by atoms with Crippen LogP contribution in [0.1, 0.15) is 48.6 Å². The van der Waals surface area contributed by atoms with Gasteiger partial charge in [-0.05, 0) is 35.9 Å². The number of guanidine groups is 1. The van der Waals surface area contributed by atoms with Gasteiger partial charge in [0.25, 0.3) is 0 Å². The highest BCUT2D eigenvalue weighted by atomic mass is 127. The van der Waals surface area contributed by atoms with E-state index in [2.05, 4.69) is 54.1 Å². The Morgan fingerprint density at radius 2 is 1.90 bits per heavy atom. The number of hydrogen-bond acceptors (Lipinski definition) is 3. The zero-order valence-corrected chi connectivity index (χ0v) is 20.3. The number of thiophene rings is 1. The Morgan fingerprint density at radius 1 is 1.17 bits per heavy atom. The first kappa shape index (κ1) is 23.7. The summed E-state index contributed by atoms with van der Waals surface area (Å²) in [6.45, 7) is 8.07. The standard InChI is InChI=1S/C22H30N4OS.HI/c1-3-23-22(25-14-17(2)20-10-7-13-28-20)24-12-6-11-21(27)26-15-18-8-4-5-9-19(18)16-26;/h4-5,7-10,13,17H,3,6,11-12,14-16H2,1-2H3,(H2,23,24,25);1H. The molecule has 5 nitrogen and oxygen atoms in total. The van der Waals surface area contributed by atoms with E-state index in [1.54, 1.807) is 11.3 Å². The van der Waals surface area contributed by atoms with E-state index in [9.17, 15) is 4.79 Å². The van der Waals surface area contributed by atoms with Gasteiger partial charge in [0.15, 0.2) is 5.96 Å². The van der Waals surface area contributed by atoms with E-state index in [1.807, 2.05) is 17.0 Å². The third-order valence-corrected chi connectivity index (χ3v) is 6.05. The van der Waals surface area contributed by atoms with Gasteiger partial charge >= 0.3 is 0 Å². The van der Waals surface area contributed by atoms with Crippen molar-refractivity contribution in [1.29, 1.82) is 0 Å². The Bertz CT molecular complexity index is 769. The van der Waals surface area contributed by atoms with Crippen LogP contribution in [0.5, 0.6) is 0 Å². The van der Waals surface area contributed by atoms with E-state index >= 15 is 0 Å². The van der Waals surface area contributed by atoms with Crippen LogP contribution in [0.2, 0.25) is 0 Å². The van der Waals surface area contributed by atoms with Crippen molar-refractivity contribution in [3.63, 3.8) is 0 Å². The third kappa shape index (κ3) is 6.99. The quantitative estimate of drug-likeness (QED) is 0.233. The molecule has 29 heavy (non-hydrogen) atoms. The maximum absolute atomic E-state index is 12.5. The first-order valence-electron chi connectivity index (χ1n) is 10.1. The summed E-state index contributed by atoms with van der Waals surface area (Å²) in [4.78, 5) is 20.5.